The molecule has 14 heavy (non-hydrogen) atoms. The summed E-state index contributed by atoms with van der Waals surface area (Å²) in [5.41, 5.74) is 5.64. The summed E-state index contributed by atoms with van der Waals surface area (Å²) in [5, 5.41) is 0. The third-order valence-electron chi connectivity index (χ3n) is 3.10. The van der Waals surface area contributed by atoms with Crippen LogP contribution >= 0.6 is 0 Å². The minimum atomic E-state index is -0.00866. The second-order valence-corrected chi connectivity index (χ2v) is 4.56. The number of hydrogen-bond donors (Lipinski definition) is 1. The molecular formula is C10H16N2O2. The monoisotopic (exact) mass is 196 g/mol. The Morgan fingerprint density at radius 1 is 1.21 bits per heavy atom. The van der Waals surface area contributed by atoms with Gasteiger partial charge in [-0.3, -0.25) is 14.5 Å². The number of carbonyl (C=O) groups is 2. The first kappa shape index (κ1) is 9.65. The molecule has 0 radical (unpaired) electrons. The van der Waals surface area contributed by atoms with Crippen molar-refractivity contribution in [2.24, 2.45) is 11.7 Å². The standard InChI is InChI=1S/C10H16N2O2/c1-6-2-9(13)12(10(14)3-6)8-4-7(11)5-8/h6-8H,2-5,11H2,1H3. The highest BCUT2D eigenvalue weighted by Gasteiger charge is 2.40. The smallest absolute Gasteiger partial charge is 0.229 e. The first-order valence-corrected chi connectivity index (χ1v) is 5.18. The van der Waals surface area contributed by atoms with Gasteiger partial charge in [0.1, 0.15) is 0 Å². The van der Waals surface area contributed by atoms with Crippen molar-refractivity contribution in [3.8, 4) is 0 Å². The number of hydrogen-bond acceptors (Lipinski definition) is 3. The van der Waals surface area contributed by atoms with Gasteiger partial charge < -0.3 is 5.73 Å². The first-order chi connectivity index (χ1) is 6.58. The number of nitrogens with zero attached hydrogens (tertiary/aromatic N) is 1. The summed E-state index contributed by atoms with van der Waals surface area (Å²) < 4.78 is 0. The Kier molecular flexibility index (Phi) is 2.31. The van der Waals surface area contributed by atoms with E-state index in [4.69, 9.17) is 5.73 Å². The quantitative estimate of drug-likeness (QED) is 0.612. The van der Waals surface area contributed by atoms with Crippen LogP contribution in [-0.4, -0.2) is 28.8 Å². The lowest BCUT2D eigenvalue weighted by atomic mass is 9.84. The zero-order chi connectivity index (χ0) is 10.3. The van der Waals surface area contributed by atoms with Crippen molar-refractivity contribution in [2.75, 3.05) is 0 Å². The summed E-state index contributed by atoms with van der Waals surface area (Å²) >= 11 is 0. The van der Waals surface area contributed by atoms with Crippen molar-refractivity contribution >= 4 is 11.8 Å². The van der Waals surface area contributed by atoms with Crippen LogP contribution in [0.5, 0.6) is 0 Å². The number of rotatable bonds is 1. The average Bonchev–Trinajstić information content (AvgIpc) is 1.99. The van der Waals surface area contributed by atoms with Crippen LogP contribution in [0.25, 0.3) is 0 Å². The van der Waals surface area contributed by atoms with Gasteiger partial charge in [-0.2, -0.15) is 0 Å². The highest BCUT2D eigenvalue weighted by Crippen LogP contribution is 2.29. The number of amides is 2. The van der Waals surface area contributed by atoms with Crippen molar-refractivity contribution in [1.29, 1.82) is 0 Å². The van der Waals surface area contributed by atoms with Crippen molar-refractivity contribution < 1.29 is 9.59 Å². The van der Waals surface area contributed by atoms with Crippen molar-refractivity contribution in [3.05, 3.63) is 0 Å². The highest BCUT2D eigenvalue weighted by atomic mass is 16.2. The fourth-order valence-corrected chi connectivity index (χ4v) is 2.25. The van der Waals surface area contributed by atoms with Gasteiger partial charge in [0.15, 0.2) is 0 Å². The van der Waals surface area contributed by atoms with Crippen LogP contribution < -0.4 is 5.73 Å². The van der Waals surface area contributed by atoms with E-state index in [1.165, 1.54) is 4.90 Å². The number of likely N-dealkylation sites (tertiary alicyclic amines) is 1. The number of carbonyl (C=O) groups excluding carboxylic acids is 2. The van der Waals surface area contributed by atoms with Crippen LogP contribution in [-0.2, 0) is 9.59 Å². The van der Waals surface area contributed by atoms with E-state index in [9.17, 15) is 9.59 Å². The topological polar surface area (TPSA) is 63.4 Å². The summed E-state index contributed by atoms with van der Waals surface area (Å²) in [6.07, 6.45) is 2.59. The molecular weight excluding hydrogens is 180 g/mol. The minimum absolute atomic E-state index is 0.00866. The fraction of sp³-hybridized carbons (Fsp3) is 0.800. The van der Waals surface area contributed by atoms with Gasteiger partial charge in [-0.05, 0) is 18.8 Å². The molecule has 78 valence electrons. The van der Waals surface area contributed by atoms with E-state index < -0.39 is 0 Å². The van der Waals surface area contributed by atoms with Crippen molar-refractivity contribution in [3.63, 3.8) is 0 Å². The molecule has 1 heterocycles. The molecule has 0 atom stereocenters. The second-order valence-electron chi connectivity index (χ2n) is 4.56. The van der Waals surface area contributed by atoms with E-state index in [1.54, 1.807) is 0 Å². The molecule has 0 aromatic carbocycles. The van der Waals surface area contributed by atoms with Crippen LogP contribution in [0.15, 0.2) is 0 Å². The first-order valence-electron chi connectivity index (χ1n) is 5.18. The molecule has 1 saturated carbocycles. The normalized spacial score (nSPS) is 34.6. The Bertz CT molecular complexity index is 253. The lowest BCUT2D eigenvalue weighted by Crippen LogP contribution is -2.57. The molecule has 4 heteroatoms. The Hall–Kier alpha value is -0.900. The molecule has 0 aromatic rings. The van der Waals surface area contributed by atoms with E-state index in [-0.39, 0.29) is 29.8 Å². The predicted octanol–water partition coefficient (Wildman–Crippen LogP) is 0.261. The Morgan fingerprint density at radius 2 is 1.71 bits per heavy atom. The Morgan fingerprint density at radius 3 is 2.14 bits per heavy atom. The van der Waals surface area contributed by atoms with E-state index in [0.29, 0.717) is 12.8 Å². The van der Waals surface area contributed by atoms with Crippen LogP contribution in [0.3, 0.4) is 0 Å². The van der Waals surface area contributed by atoms with E-state index in [0.717, 1.165) is 12.8 Å². The lowest BCUT2D eigenvalue weighted by molar-refractivity contribution is -0.155. The largest absolute Gasteiger partial charge is 0.328 e. The van der Waals surface area contributed by atoms with Gasteiger partial charge in [0.2, 0.25) is 11.8 Å². The predicted molar refractivity (Wildman–Crippen MR) is 51.2 cm³/mol. The molecule has 2 aliphatic rings. The van der Waals surface area contributed by atoms with E-state index in [1.807, 2.05) is 6.92 Å². The van der Waals surface area contributed by atoms with Crippen molar-refractivity contribution in [1.82, 2.24) is 4.90 Å². The SMILES string of the molecule is CC1CC(=O)N(C2CC(N)C2)C(=O)C1. The molecule has 2 amide bonds. The summed E-state index contributed by atoms with van der Waals surface area (Å²) in [7, 11) is 0. The molecule has 0 unspecified atom stereocenters. The summed E-state index contributed by atoms with van der Waals surface area (Å²) in [5.74, 6) is 0.191. The van der Waals surface area contributed by atoms with Crippen molar-refractivity contribution in [2.45, 2.75) is 44.7 Å². The van der Waals surface area contributed by atoms with Gasteiger partial charge >= 0.3 is 0 Å². The van der Waals surface area contributed by atoms with Gasteiger partial charge in [-0.15, -0.1) is 0 Å². The summed E-state index contributed by atoms with van der Waals surface area (Å²) in [4.78, 5) is 24.7. The Balaban J connectivity index is 2.03. The number of piperidine rings is 1. The molecule has 1 aliphatic heterocycles. The van der Waals surface area contributed by atoms with Gasteiger partial charge in [-0.25, -0.2) is 0 Å². The minimum Gasteiger partial charge on any atom is -0.328 e. The molecule has 4 nitrogen and oxygen atoms in total. The fourth-order valence-electron chi connectivity index (χ4n) is 2.25. The van der Waals surface area contributed by atoms with Gasteiger partial charge in [0.05, 0.1) is 0 Å². The number of nitrogens with two attached hydrogens (primary N) is 1. The van der Waals surface area contributed by atoms with E-state index >= 15 is 0 Å². The molecule has 2 rings (SSSR count). The molecule has 1 saturated heterocycles. The summed E-state index contributed by atoms with van der Waals surface area (Å²) in [6.45, 7) is 1.94. The average molecular weight is 196 g/mol. The molecule has 0 bridgehead atoms. The van der Waals surface area contributed by atoms with Crippen LogP contribution in [0, 0.1) is 5.92 Å². The zero-order valence-corrected chi connectivity index (χ0v) is 8.40. The zero-order valence-electron chi connectivity index (χ0n) is 8.40. The van der Waals surface area contributed by atoms with Gasteiger partial charge in [0, 0.05) is 24.9 Å². The van der Waals surface area contributed by atoms with Crippen LogP contribution in [0.1, 0.15) is 32.6 Å². The van der Waals surface area contributed by atoms with Crippen LogP contribution in [0.2, 0.25) is 0 Å². The molecule has 2 fully saturated rings. The maximum absolute atomic E-state index is 11.6. The maximum Gasteiger partial charge on any atom is 0.229 e. The number of imide groups is 1. The molecule has 0 spiro atoms. The second kappa shape index (κ2) is 3.35. The third-order valence-corrected chi connectivity index (χ3v) is 3.10. The third kappa shape index (κ3) is 1.54. The molecule has 2 N–H and O–H groups in total. The maximum atomic E-state index is 11.6. The van der Waals surface area contributed by atoms with Gasteiger partial charge in [-0.1, -0.05) is 6.92 Å². The van der Waals surface area contributed by atoms with Crippen LogP contribution in [0.4, 0.5) is 0 Å². The lowest BCUT2D eigenvalue weighted by Gasteiger charge is -2.42. The van der Waals surface area contributed by atoms with E-state index in [2.05, 4.69) is 0 Å². The highest BCUT2D eigenvalue weighted by molar-refractivity contribution is 5.98. The molecule has 1 aliphatic carbocycles. The Labute approximate surface area is 83.4 Å². The molecule has 0 aromatic heterocycles. The summed E-state index contributed by atoms with van der Waals surface area (Å²) in [6, 6.07) is 0.275. The van der Waals surface area contributed by atoms with Gasteiger partial charge in [0.25, 0.3) is 0 Å².